The number of carbonyl (C=O) groups excluding carboxylic acids is 1. The van der Waals surface area contributed by atoms with E-state index in [9.17, 15) is 14.7 Å². The molecular formula is C20H22N2O4. The average Bonchev–Trinajstić information content (AvgIpc) is 3.03. The summed E-state index contributed by atoms with van der Waals surface area (Å²) < 4.78 is 0. The lowest BCUT2D eigenvalue weighted by Gasteiger charge is -2.24. The number of hydrogen-bond acceptors (Lipinski definition) is 3. The Labute approximate surface area is 151 Å². The van der Waals surface area contributed by atoms with Crippen LogP contribution in [0, 0.1) is 0 Å². The highest BCUT2D eigenvalue weighted by Crippen LogP contribution is 2.21. The summed E-state index contributed by atoms with van der Waals surface area (Å²) >= 11 is 0. The summed E-state index contributed by atoms with van der Waals surface area (Å²) in [4.78, 5) is 23.5. The molecule has 0 bridgehead atoms. The van der Waals surface area contributed by atoms with Crippen molar-refractivity contribution < 1.29 is 19.8 Å². The molecule has 1 aliphatic carbocycles. The van der Waals surface area contributed by atoms with Gasteiger partial charge < -0.3 is 20.8 Å². The third kappa shape index (κ3) is 4.40. The van der Waals surface area contributed by atoms with Crippen molar-refractivity contribution in [2.45, 2.75) is 37.5 Å². The Balaban J connectivity index is 1.63. The fourth-order valence-corrected chi connectivity index (χ4v) is 3.40. The van der Waals surface area contributed by atoms with E-state index < -0.39 is 24.1 Å². The summed E-state index contributed by atoms with van der Waals surface area (Å²) in [6.45, 7) is 0. The zero-order valence-electron chi connectivity index (χ0n) is 14.3. The summed E-state index contributed by atoms with van der Waals surface area (Å²) in [5.74, 6) is -0.558. The first-order chi connectivity index (χ1) is 12.5. The van der Waals surface area contributed by atoms with Gasteiger partial charge in [0.1, 0.15) is 0 Å². The molecular weight excluding hydrogens is 332 g/mol. The van der Waals surface area contributed by atoms with E-state index in [4.69, 9.17) is 5.11 Å². The highest BCUT2D eigenvalue weighted by atomic mass is 16.4. The van der Waals surface area contributed by atoms with E-state index in [1.807, 2.05) is 54.6 Å². The lowest BCUT2D eigenvalue weighted by atomic mass is 10.0. The van der Waals surface area contributed by atoms with Crippen molar-refractivity contribution >= 4 is 12.0 Å². The molecule has 2 aromatic carbocycles. The van der Waals surface area contributed by atoms with Crippen molar-refractivity contribution in [3.8, 4) is 0 Å². The predicted octanol–water partition coefficient (Wildman–Crippen LogP) is 1.51. The van der Waals surface area contributed by atoms with Crippen molar-refractivity contribution in [3.05, 3.63) is 71.3 Å². The van der Waals surface area contributed by atoms with E-state index in [1.165, 1.54) is 11.1 Å². The molecule has 6 nitrogen and oxygen atoms in total. The van der Waals surface area contributed by atoms with Crippen molar-refractivity contribution in [1.29, 1.82) is 0 Å². The zero-order chi connectivity index (χ0) is 18.5. The molecule has 26 heavy (non-hydrogen) atoms. The predicted molar refractivity (Wildman–Crippen MR) is 96.9 cm³/mol. The summed E-state index contributed by atoms with van der Waals surface area (Å²) in [5.41, 5.74) is 3.22. The quantitative estimate of drug-likeness (QED) is 0.632. The summed E-state index contributed by atoms with van der Waals surface area (Å²) in [7, 11) is 0. The molecule has 0 heterocycles. The van der Waals surface area contributed by atoms with Gasteiger partial charge in [0, 0.05) is 6.04 Å². The number of benzene rings is 2. The topological polar surface area (TPSA) is 98.7 Å². The molecule has 136 valence electrons. The van der Waals surface area contributed by atoms with E-state index >= 15 is 0 Å². The Hall–Kier alpha value is -2.86. The maximum Gasteiger partial charge on any atom is 0.404 e. The minimum absolute atomic E-state index is 0.0863. The summed E-state index contributed by atoms with van der Waals surface area (Å²) in [6.07, 6.45) is -1.08. The lowest BCUT2D eigenvalue weighted by molar-refractivity contribution is -0.131. The molecule has 2 atom stereocenters. The number of hydrogen-bond donors (Lipinski definition) is 4. The molecule has 3 rings (SSSR count). The van der Waals surface area contributed by atoms with Crippen molar-refractivity contribution in [2.24, 2.45) is 0 Å². The fourth-order valence-electron chi connectivity index (χ4n) is 3.40. The highest BCUT2D eigenvalue weighted by molar-refractivity contribution is 5.82. The Morgan fingerprint density at radius 2 is 1.58 bits per heavy atom. The molecule has 0 saturated carbocycles. The number of fused-ring (bicyclic) bond motifs is 1. The monoisotopic (exact) mass is 354 g/mol. The zero-order valence-corrected chi connectivity index (χ0v) is 14.3. The average molecular weight is 354 g/mol. The fraction of sp³-hybridized carbons (Fsp3) is 0.300. The number of carboxylic acid groups (broad SMARTS) is 1. The largest absolute Gasteiger partial charge is 0.465 e. The van der Waals surface area contributed by atoms with Crippen LogP contribution in [-0.2, 0) is 24.1 Å². The Morgan fingerprint density at radius 1 is 1.00 bits per heavy atom. The summed E-state index contributed by atoms with van der Waals surface area (Å²) in [5, 5.41) is 24.6. The van der Waals surface area contributed by atoms with Crippen molar-refractivity contribution in [3.63, 3.8) is 0 Å². The number of aliphatic hydroxyl groups excluding tert-OH is 1. The highest BCUT2D eigenvalue weighted by Gasteiger charge is 2.31. The SMILES string of the molecule is O=C(O)N[C@@H](Cc1ccccc1)C(O)C(=O)NC1Cc2ccccc2C1. The molecule has 0 saturated heterocycles. The number of amides is 2. The number of rotatable bonds is 6. The van der Waals surface area contributed by atoms with Gasteiger partial charge in [-0.15, -0.1) is 0 Å². The van der Waals surface area contributed by atoms with Gasteiger partial charge in [0.25, 0.3) is 5.91 Å². The molecule has 0 spiro atoms. The Morgan fingerprint density at radius 3 is 2.15 bits per heavy atom. The van der Waals surface area contributed by atoms with Gasteiger partial charge in [-0.25, -0.2) is 4.79 Å². The molecule has 2 amide bonds. The second-order valence-corrected chi connectivity index (χ2v) is 6.57. The maximum atomic E-state index is 12.5. The lowest BCUT2D eigenvalue weighted by Crippen LogP contribution is -2.53. The first kappa shape index (κ1) is 17.9. The van der Waals surface area contributed by atoms with Crippen LogP contribution in [-0.4, -0.2) is 40.4 Å². The first-order valence-electron chi connectivity index (χ1n) is 8.61. The van der Waals surface area contributed by atoms with Crippen LogP contribution in [0.2, 0.25) is 0 Å². The van der Waals surface area contributed by atoms with Crippen LogP contribution >= 0.6 is 0 Å². The van der Waals surface area contributed by atoms with Crippen LogP contribution < -0.4 is 10.6 Å². The van der Waals surface area contributed by atoms with Gasteiger partial charge in [0.15, 0.2) is 6.10 Å². The number of aliphatic hydroxyl groups is 1. The van der Waals surface area contributed by atoms with E-state index in [0.29, 0.717) is 12.8 Å². The molecule has 0 aromatic heterocycles. The molecule has 1 unspecified atom stereocenters. The molecule has 0 aliphatic heterocycles. The van der Waals surface area contributed by atoms with Crippen LogP contribution in [0.1, 0.15) is 16.7 Å². The second-order valence-electron chi connectivity index (χ2n) is 6.57. The molecule has 0 radical (unpaired) electrons. The smallest absolute Gasteiger partial charge is 0.404 e. The third-order valence-electron chi connectivity index (χ3n) is 4.65. The van der Waals surface area contributed by atoms with Gasteiger partial charge in [-0.1, -0.05) is 54.6 Å². The molecule has 4 N–H and O–H groups in total. The van der Waals surface area contributed by atoms with Gasteiger partial charge in [-0.2, -0.15) is 0 Å². The van der Waals surface area contributed by atoms with E-state index in [-0.39, 0.29) is 12.5 Å². The molecule has 0 fully saturated rings. The van der Waals surface area contributed by atoms with Gasteiger partial charge >= 0.3 is 6.09 Å². The third-order valence-corrected chi connectivity index (χ3v) is 4.65. The van der Waals surface area contributed by atoms with Gasteiger partial charge in [0.2, 0.25) is 0 Å². The number of carbonyl (C=O) groups is 2. The van der Waals surface area contributed by atoms with Gasteiger partial charge in [-0.05, 0) is 36.0 Å². The number of nitrogens with one attached hydrogen (secondary N) is 2. The second kappa shape index (κ2) is 8.01. The summed E-state index contributed by atoms with van der Waals surface area (Å²) in [6, 6.07) is 16.1. The molecule has 6 heteroatoms. The first-order valence-corrected chi connectivity index (χ1v) is 8.61. The van der Waals surface area contributed by atoms with Crippen LogP contribution in [0.4, 0.5) is 4.79 Å². The van der Waals surface area contributed by atoms with E-state index in [1.54, 1.807) is 0 Å². The minimum Gasteiger partial charge on any atom is -0.465 e. The molecule has 2 aromatic rings. The Bertz CT molecular complexity index is 753. The van der Waals surface area contributed by atoms with Crippen molar-refractivity contribution in [1.82, 2.24) is 10.6 Å². The maximum absolute atomic E-state index is 12.5. The van der Waals surface area contributed by atoms with Gasteiger partial charge in [0.05, 0.1) is 6.04 Å². The van der Waals surface area contributed by atoms with Crippen LogP contribution in [0.25, 0.3) is 0 Å². The van der Waals surface area contributed by atoms with Crippen LogP contribution in [0.5, 0.6) is 0 Å². The van der Waals surface area contributed by atoms with Gasteiger partial charge in [-0.3, -0.25) is 4.79 Å². The Kier molecular flexibility index (Phi) is 5.53. The standard InChI is InChI=1S/C20H22N2O4/c23-18(17(22-20(25)26)10-13-6-2-1-3-7-13)19(24)21-16-11-14-8-4-5-9-15(14)12-16/h1-9,16-18,22-23H,10-12H2,(H,21,24)(H,25,26)/t17-,18?/m0/s1. The van der Waals surface area contributed by atoms with Crippen molar-refractivity contribution in [2.75, 3.05) is 0 Å². The normalized spacial score (nSPS) is 15.7. The molecule has 1 aliphatic rings. The van der Waals surface area contributed by atoms with E-state index in [0.717, 1.165) is 5.56 Å². The minimum atomic E-state index is -1.46. The van der Waals surface area contributed by atoms with Crippen LogP contribution in [0.15, 0.2) is 54.6 Å². The van der Waals surface area contributed by atoms with Crippen LogP contribution in [0.3, 0.4) is 0 Å². The van der Waals surface area contributed by atoms with E-state index in [2.05, 4.69) is 10.6 Å².